The molecule has 0 fully saturated rings. The van der Waals surface area contributed by atoms with Crippen molar-refractivity contribution in [3.05, 3.63) is 78.3 Å². The molecule has 0 radical (unpaired) electrons. The molecular weight excluding hydrogens is 406 g/mol. The molecule has 0 atom stereocenters. The second-order valence-electron chi connectivity index (χ2n) is 7.41. The molecular formula is C25H21N3O4. The number of anilines is 1. The van der Waals surface area contributed by atoms with Crippen LogP contribution >= 0.6 is 0 Å². The SMILES string of the molecule is COc1ccc(-c2cn3cccc(C)c3n2)cc1NC(=O)c1cc2cccc(OC)c2o1. The first kappa shape index (κ1) is 19.7. The van der Waals surface area contributed by atoms with Crippen LogP contribution in [0.5, 0.6) is 11.5 Å². The van der Waals surface area contributed by atoms with Crippen LogP contribution in [0.3, 0.4) is 0 Å². The monoisotopic (exact) mass is 427 g/mol. The maximum absolute atomic E-state index is 13.0. The predicted molar refractivity (Wildman–Crippen MR) is 123 cm³/mol. The van der Waals surface area contributed by atoms with Crippen LogP contribution in [0, 0.1) is 6.92 Å². The van der Waals surface area contributed by atoms with Crippen LogP contribution in [0.1, 0.15) is 16.1 Å². The fourth-order valence-electron chi connectivity index (χ4n) is 3.75. The van der Waals surface area contributed by atoms with Crippen LogP contribution in [-0.4, -0.2) is 29.5 Å². The molecule has 0 aliphatic rings. The van der Waals surface area contributed by atoms with Gasteiger partial charge in [0, 0.05) is 23.3 Å². The lowest BCUT2D eigenvalue weighted by molar-refractivity contribution is 0.0998. The number of amides is 1. The average Bonchev–Trinajstić information content (AvgIpc) is 3.44. The van der Waals surface area contributed by atoms with Gasteiger partial charge in [-0.3, -0.25) is 4.79 Å². The highest BCUT2D eigenvalue weighted by Crippen LogP contribution is 2.32. The number of furan rings is 1. The summed E-state index contributed by atoms with van der Waals surface area (Å²) in [6.07, 6.45) is 3.92. The van der Waals surface area contributed by atoms with E-state index < -0.39 is 0 Å². The van der Waals surface area contributed by atoms with Gasteiger partial charge in [0.25, 0.3) is 5.91 Å². The molecule has 5 rings (SSSR count). The van der Waals surface area contributed by atoms with Crippen molar-refractivity contribution in [2.24, 2.45) is 0 Å². The molecule has 160 valence electrons. The summed E-state index contributed by atoms with van der Waals surface area (Å²) < 4.78 is 18.5. The lowest BCUT2D eigenvalue weighted by Gasteiger charge is -2.10. The van der Waals surface area contributed by atoms with Crippen LogP contribution in [0.2, 0.25) is 0 Å². The zero-order valence-corrected chi connectivity index (χ0v) is 17.9. The summed E-state index contributed by atoms with van der Waals surface area (Å²) in [7, 11) is 3.12. The summed E-state index contributed by atoms with van der Waals surface area (Å²) >= 11 is 0. The number of aromatic nitrogens is 2. The van der Waals surface area contributed by atoms with E-state index >= 15 is 0 Å². The minimum Gasteiger partial charge on any atom is -0.495 e. The normalized spacial score (nSPS) is 11.1. The van der Waals surface area contributed by atoms with Crippen molar-refractivity contribution in [3.63, 3.8) is 0 Å². The Balaban J connectivity index is 1.50. The van der Waals surface area contributed by atoms with Gasteiger partial charge in [0.1, 0.15) is 11.4 Å². The molecule has 0 aliphatic carbocycles. The Morgan fingerprint density at radius 2 is 1.88 bits per heavy atom. The fraction of sp³-hybridized carbons (Fsp3) is 0.120. The number of nitrogens with zero attached hydrogens (tertiary/aromatic N) is 2. The van der Waals surface area contributed by atoms with Crippen molar-refractivity contribution < 1.29 is 18.7 Å². The number of pyridine rings is 1. The Labute approximate surface area is 184 Å². The van der Waals surface area contributed by atoms with Crippen LogP contribution < -0.4 is 14.8 Å². The first-order valence-corrected chi connectivity index (χ1v) is 10.1. The van der Waals surface area contributed by atoms with E-state index in [1.807, 2.05) is 66.2 Å². The van der Waals surface area contributed by atoms with Crippen LogP contribution in [0.4, 0.5) is 5.69 Å². The minimum absolute atomic E-state index is 0.181. The van der Waals surface area contributed by atoms with Gasteiger partial charge in [-0.15, -0.1) is 0 Å². The number of ether oxygens (including phenoxy) is 2. The zero-order valence-electron chi connectivity index (χ0n) is 17.9. The molecule has 5 aromatic rings. The van der Waals surface area contributed by atoms with Gasteiger partial charge >= 0.3 is 0 Å². The van der Waals surface area contributed by atoms with Gasteiger partial charge in [-0.05, 0) is 48.9 Å². The van der Waals surface area contributed by atoms with E-state index in [1.54, 1.807) is 26.4 Å². The van der Waals surface area contributed by atoms with Gasteiger partial charge in [-0.1, -0.05) is 18.2 Å². The van der Waals surface area contributed by atoms with E-state index in [2.05, 4.69) is 5.32 Å². The van der Waals surface area contributed by atoms with Crippen molar-refractivity contribution >= 4 is 28.2 Å². The van der Waals surface area contributed by atoms with Gasteiger partial charge in [0.15, 0.2) is 17.1 Å². The lowest BCUT2D eigenvalue weighted by atomic mass is 10.1. The van der Waals surface area contributed by atoms with Crippen molar-refractivity contribution in [1.82, 2.24) is 9.38 Å². The van der Waals surface area contributed by atoms with Crippen LogP contribution in [0.15, 0.2) is 71.4 Å². The molecule has 2 aromatic carbocycles. The Kier molecular flexibility index (Phi) is 4.78. The van der Waals surface area contributed by atoms with Gasteiger partial charge in [0.05, 0.1) is 25.6 Å². The number of imidazole rings is 1. The van der Waals surface area contributed by atoms with Crippen molar-refractivity contribution in [2.45, 2.75) is 6.92 Å². The van der Waals surface area contributed by atoms with E-state index in [-0.39, 0.29) is 11.7 Å². The molecule has 3 heterocycles. The standard InChI is InChI=1S/C25H21N3O4/c1-15-6-5-11-28-14-19(26-24(15)28)16-9-10-20(30-2)18(12-16)27-25(29)22-13-17-7-4-8-21(31-3)23(17)32-22/h4-14H,1-3H3,(H,27,29). The summed E-state index contributed by atoms with van der Waals surface area (Å²) in [5.74, 6) is 0.906. The Hall–Kier alpha value is -4.26. The third kappa shape index (κ3) is 3.33. The molecule has 1 N–H and O–H groups in total. The summed E-state index contributed by atoms with van der Waals surface area (Å²) in [4.78, 5) is 17.7. The fourth-order valence-corrected chi connectivity index (χ4v) is 3.75. The highest BCUT2D eigenvalue weighted by molar-refractivity contribution is 6.06. The first-order chi connectivity index (χ1) is 15.6. The number of aryl methyl sites for hydroxylation is 1. The maximum atomic E-state index is 13.0. The topological polar surface area (TPSA) is 78.0 Å². The van der Waals surface area contributed by atoms with E-state index in [4.69, 9.17) is 18.9 Å². The first-order valence-electron chi connectivity index (χ1n) is 10.1. The van der Waals surface area contributed by atoms with Crippen LogP contribution in [-0.2, 0) is 0 Å². The van der Waals surface area contributed by atoms with Gasteiger partial charge in [0.2, 0.25) is 0 Å². The smallest absolute Gasteiger partial charge is 0.291 e. The molecule has 0 unspecified atom stereocenters. The molecule has 0 saturated carbocycles. The third-order valence-electron chi connectivity index (χ3n) is 5.37. The largest absolute Gasteiger partial charge is 0.495 e. The molecule has 0 aliphatic heterocycles. The molecule has 32 heavy (non-hydrogen) atoms. The highest BCUT2D eigenvalue weighted by Gasteiger charge is 2.17. The molecule has 7 nitrogen and oxygen atoms in total. The molecule has 0 bridgehead atoms. The minimum atomic E-state index is -0.385. The number of carbonyl (C=O) groups excluding carboxylic acids is 1. The highest BCUT2D eigenvalue weighted by atomic mass is 16.5. The number of rotatable bonds is 5. The summed E-state index contributed by atoms with van der Waals surface area (Å²) in [6, 6.07) is 16.8. The van der Waals surface area contributed by atoms with Crippen LogP contribution in [0.25, 0.3) is 27.9 Å². The summed E-state index contributed by atoms with van der Waals surface area (Å²) in [5.41, 5.74) is 4.68. The maximum Gasteiger partial charge on any atom is 0.291 e. The van der Waals surface area contributed by atoms with Crippen molar-refractivity contribution in [2.75, 3.05) is 19.5 Å². The van der Waals surface area contributed by atoms with Gasteiger partial charge in [-0.25, -0.2) is 4.98 Å². The second-order valence-corrected chi connectivity index (χ2v) is 7.41. The van der Waals surface area contributed by atoms with E-state index in [0.717, 1.165) is 27.9 Å². The molecule has 1 amide bonds. The number of fused-ring (bicyclic) bond motifs is 2. The molecule has 7 heteroatoms. The molecule has 0 saturated heterocycles. The quantitative estimate of drug-likeness (QED) is 0.410. The van der Waals surface area contributed by atoms with Crippen molar-refractivity contribution in [3.8, 4) is 22.8 Å². The molecule has 3 aromatic heterocycles. The zero-order chi connectivity index (χ0) is 22.2. The number of carbonyl (C=O) groups is 1. The number of para-hydroxylation sites is 1. The second kappa shape index (κ2) is 7.77. The number of benzene rings is 2. The van der Waals surface area contributed by atoms with Gasteiger partial charge in [-0.2, -0.15) is 0 Å². The Morgan fingerprint density at radius 3 is 2.66 bits per heavy atom. The summed E-state index contributed by atoms with van der Waals surface area (Å²) in [6.45, 7) is 2.02. The van der Waals surface area contributed by atoms with E-state index in [0.29, 0.717) is 22.8 Å². The number of hydrogen-bond acceptors (Lipinski definition) is 5. The Bertz CT molecular complexity index is 1470. The van der Waals surface area contributed by atoms with E-state index in [1.165, 1.54) is 0 Å². The lowest BCUT2D eigenvalue weighted by Crippen LogP contribution is -2.11. The van der Waals surface area contributed by atoms with E-state index in [9.17, 15) is 4.79 Å². The predicted octanol–water partition coefficient (Wildman–Crippen LogP) is 5.33. The van der Waals surface area contributed by atoms with Crippen molar-refractivity contribution in [1.29, 1.82) is 0 Å². The average molecular weight is 427 g/mol. The number of hydrogen-bond donors (Lipinski definition) is 1. The Morgan fingerprint density at radius 1 is 1.03 bits per heavy atom. The number of methoxy groups -OCH3 is 2. The third-order valence-corrected chi connectivity index (χ3v) is 5.37. The van der Waals surface area contributed by atoms with Gasteiger partial charge < -0.3 is 23.6 Å². The number of nitrogens with one attached hydrogen (secondary N) is 1. The summed E-state index contributed by atoms with van der Waals surface area (Å²) in [5, 5.41) is 3.69. The molecule has 0 spiro atoms.